The molecule has 0 aliphatic carbocycles. The van der Waals surface area contributed by atoms with Gasteiger partial charge in [-0.3, -0.25) is 0 Å². The van der Waals surface area contributed by atoms with Crippen LogP contribution in [0.5, 0.6) is 17.2 Å². The molecule has 2 aromatic carbocycles. The Bertz CT molecular complexity index is 1160. The van der Waals surface area contributed by atoms with Gasteiger partial charge in [0.1, 0.15) is 11.6 Å². The maximum Gasteiger partial charge on any atom is 0.165 e. The summed E-state index contributed by atoms with van der Waals surface area (Å²) >= 11 is 0. The number of ether oxygens (including phenoxy) is 3. The summed E-state index contributed by atoms with van der Waals surface area (Å²) < 4.78 is 16.0. The predicted molar refractivity (Wildman–Crippen MR) is 112 cm³/mol. The van der Waals surface area contributed by atoms with E-state index in [9.17, 15) is 0 Å². The van der Waals surface area contributed by atoms with Crippen molar-refractivity contribution in [2.75, 3.05) is 26.6 Å². The smallest absolute Gasteiger partial charge is 0.165 e. The number of nitrogens with zero attached hydrogens (tertiary/aromatic N) is 3. The quantitative estimate of drug-likeness (QED) is 0.522. The zero-order chi connectivity index (χ0) is 20.2. The Morgan fingerprint density at radius 2 is 1.66 bits per heavy atom. The van der Waals surface area contributed by atoms with Gasteiger partial charge in [-0.1, -0.05) is 12.1 Å². The van der Waals surface area contributed by atoms with Crippen LogP contribution in [0.3, 0.4) is 0 Å². The number of hydrogen-bond acceptors (Lipinski definition) is 7. The first-order chi connectivity index (χ1) is 14.2. The van der Waals surface area contributed by atoms with Crippen LogP contribution >= 0.6 is 0 Å². The van der Waals surface area contributed by atoms with Crippen LogP contribution < -0.4 is 19.5 Å². The predicted octanol–water partition coefficient (Wildman–Crippen LogP) is 4.46. The van der Waals surface area contributed by atoms with Gasteiger partial charge in [0.05, 0.1) is 26.7 Å². The highest BCUT2D eigenvalue weighted by atomic mass is 16.5. The van der Waals surface area contributed by atoms with Gasteiger partial charge in [0.2, 0.25) is 0 Å². The van der Waals surface area contributed by atoms with E-state index in [-0.39, 0.29) is 0 Å². The summed E-state index contributed by atoms with van der Waals surface area (Å²) in [5.41, 5.74) is 2.25. The lowest BCUT2D eigenvalue weighted by atomic mass is 10.2. The first-order valence-electron chi connectivity index (χ1n) is 8.98. The molecular weight excluding hydrogens is 368 g/mol. The molecule has 0 radical (unpaired) electrons. The van der Waals surface area contributed by atoms with Crippen molar-refractivity contribution in [3.05, 3.63) is 60.8 Å². The molecule has 146 valence electrons. The molecule has 1 N–H and O–H groups in total. The van der Waals surface area contributed by atoms with Gasteiger partial charge < -0.3 is 19.5 Å². The topological polar surface area (TPSA) is 78.4 Å². The van der Waals surface area contributed by atoms with Gasteiger partial charge in [-0.25, -0.2) is 15.0 Å². The van der Waals surface area contributed by atoms with Crippen molar-refractivity contribution >= 4 is 22.5 Å². The molecule has 0 spiro atoms. The molecule has 0 aliphatic heterocycles. The van der Waals surface area contributed by atoms with E-state index in [1.54, 1.807) is 27.5 Å². The molecule has 2 aromatic heterocycles. The van der Waals surface area contributed by atoms with Crippen molar-refractivity contribution in [2.45, 2.75) is 0 Å². The van der Waals surface area contributed by atoms with Crippen LogP contribution in [0.4, 0.5) is 11.5 Å². The Labute approximate surface area is 168 Å². The van der Waals surface area contributed by atoms with E-state index in [4.69, 9.17) is 19.2 Å². The second-order valence-electron chi connectivity index (χ2n) is 6.20. The van der Waals surface area contributed by atoms with Gasteiger partial charge in [0, 0.05) is 23.5 Å². The Hall–Kier alpha value is -3.87. The lowest BCUT2D eigenvalue weighted by molar-refractivity contribution is 0.355. The number of hydrogen-bond donors (Lipinski definition) is 1. The number of fused-ring (bicyclic) bond motifs is 1. The number of aromatic nitrogens is 3. The third kappa shape index (κ3) is 3.75. The summed E-state index contributed by atoms with van der Waals surface area (Å²) in [6.45, 7) is 0. The number of nitrogens with one attached hydrogen (secondary N) is 1. The number of anilines is 2. The van der Waals surface area contributed by atoms with Crippen LogP contribution in [0.1, 0.15) is 0 Å². The molecule has 7 heteroatoms. The Morgan fingerprint density at radius 3 is 2.45 bits per heavy atom. The number of pyridine rings is 1. The molecule has 0 saturated heterocycles. The lowest BCUT2D eigenvalue weighted by Crippen LogP contribution is -2.01. The lowest BCUT2D eigenvalue weighted by Gasteiger charge is -2.13. The maximum absolute atomic E-state index is 5.40. The molecule has 0 bridgehead atoms. The first-order valence-corrected chi connectivity index (χ1v) is 8.98. The highest BCUT2D eigenvalue weighted by Gasteiger charge is 2.12. The third-order valence-electron chi connectivity index (χ3n) is 4.45. The average molecular weight is 388 g/mol. The molecule has 0 fully saturated rings. The summed E-state index contributed by atoms with van der Waals surface area (Å²) in [5.74, 6) is 3.22. The van der Waals surface area contributed by atoms with Crippen molar-refractivity contribution in [3.63, 3.8) is 0 Å². The fourth-order valence-electron chi connectivity index (χ4n) is 3.00. The largest absolute Gasteiger partial charge is 0.497 e. The Morgan fingerprint density at radius 1 is 0.793 bits per heavy atom. The van der Waals surface area contributed by atoms with Gasteiger partial charge >= 0.3 is 0 Å². The van der Waals surface area contributed by atoms with E-state index in [0.29, 0.717) is 28.8 Å². The van der Waals surface area contributed by atoms with Gasteiger partial charge in [-0.05, 0) is 36.4 Å². The van der Waals surface area contributed by atoms with Gasteiger partial charge in [-0.2, -0.15) is 0 Å². The number of rotatable bonds is 6. The second kappa shape index (κ2) is 8.02. The van der Waals surface area contributed by atoms with Gasteiger partial charge in [-0.15, -0.1) is 0 Å². The number of benzene rings is 2. The summed E-state index contributed by atoms with van der Waals surface area (Å²) in [6, 6.07) is 17.0. The summed E-state index contributed by atoms with van der Waals surface area (Å²) in [4.78, 5) is 13.8. The van der Waals surface area contributed by atoms with Crippen molar-refractivity contribution in [3.8, 4) is 28.6 Å². The Kier molecular flexibility index (Phi) is 5.11. The standard InChI is InChI=1S/C22H20N4O3/c1-27-16-7-4-6-14(12-16)20-25-21-17(8-5-11-23-21)22(26-20)24-15-9-10-18(28-2)19(13-15)29-3/h4-13H,1-3H3,(H,23,24,25,26). The molecule has 0 saturated carbocycles. The summed E-state index contributed by atoms with van der Waals surface area (Å²) in [7, 11) is 4.84. The zero-order valence-corrected chi connectivity index (χ0v) is 16.3. The van der Waals surface area contributed by atoms with Crippen LogP contribution in [0.15, 0.2) is 60.8 Å². The SMILES string of the molecule is COc1cccc(-c2nc(Nc3ccc(OC)c(OC)c3)c3cccnc3n2)c1. The average Bonchev–Trinajstić information content (AvgIpc) is 2.79. The fraction of sp³-hybridized carbons (Fsp3) is 0.136. The minimum atomic E-state index is 0.554. The van der Waals surface area contributed by atoms with E-state index in [0.717, 1.165) is 22.4 Å². The molecule has 0 atom stereocenters. The van der Waals surface area contributed by atoms with Gasteiger partial charge in [0.25, 0.3) is 0 Å². The molecule has 0 amide bonds. The summed E-state index contributed by atoms with van der Waals surface area (Å²) in [5, 5.41) is 4.17. The highest BCUT2D eigenvalue weighted by molar-refractivity contribution is 5.90. The fourth-order valence-corrected chi connectivity index (χ4v) is 3.00. The van der Waals surface area contributed by atoms with Crippen molar-refractivity contribution < 1.29 is 14.2 Å². The van der Waals surface area contributed by atoms with E-state index >= 15 is 0 Å². The maximum atomic E-state index is 5.40. The highest BCUT2D eigenvalue weighted by Crippen LogP contribution is 2.33. The third-order valence-corrected chi connectivity index (χ3v) is 4.45. The van der Waals surface area contributed by atoms with Crippen molar-refractivity contribution in [1.29, 1.82) is 0 Å². The van der Waals surface area contributed by atoms with E-state index in [1.165, 1.54) is 0 Å². The molecule has 0 aliphatic rings. The van der Waals surface area contributed by atoms with Crippen LogP contribution in [-0.2, 0) is 0 Å². The molecule has 29 heavy (non-hydrogen) atoms. The van der Waals surface area contributed by atoms with Crippen LogP contribution in [0.2, 0.25) is 0 Å². The van der Waals surface area contributed by atoms with E-state index in [1.807, 2.05) is 54.6 Å². The minimum Gasteiger partial charge on any atom is -0.497 e. The molecule has 4 aromatic rings. The molecular formula is C22H20N4O3. The van der Waals surface area contributed by atoms with E-state index < -0.39 is 0 Å². The monoisotopic (exact) mass is 388 g/mol. The number of methoxy groups -OCH3 is 3. The van der Waals surface area contributed by atoms with Crippen molar-refractivity contribution in [1.82, 2.24) is 15.0 Å². The van der Waals surface area contributed by atoms with Gasteiger partial charge in [0.15, 0.2) is 23.0 Å². The van der Waals surface area contributed by atoms with E-state index in [2.05, 4.69) is 15.3 Å². The normalized spacial score (nSPS) is 10.6. The Balaban J connectivity index is 1.81. The van der Waals surface area contributed by atoms with Crippen LogP contribution in [-0.4, -0.2) is 36.3 Å². The molecule has 2 heterocycles. The zero-order valence-electron chi connectivity index (χ0n) is 16.3. The summed E-state index contributed by atoms with van der Waals surface area (Å²) in [6.07, 6.45) is 1.71. The minimum absolute atomic E-state index is 0.554. The molecule has 4 rings (SSSR count). The first kappa shape index (κ1) is 18.5. The second-order valence-corrected chi connectivity index (χ2v) is 6.20. The van der Waals surface area contributed by atoms with Crippen LogP contribution in [0.25, 0.3) is 22.4 Å². The van der Waals surface area contributed by atoms with Crippen LogP contribution in [0, 0.1) is 0 Å². The molecule has 7 nitrogen and oxygen atoms in total. The van der Waals surface area contributed by atoms with Crippen molar-refractivity contribution in [2.24, 2.45) is 0 Å². The molecule has 0 unspecified atom stereocenters.